The fourth-order valence-corrected chi connectivity index (χ4v) is 3.89. The van der Waals surface area contributed by atoms with Crippen LogP contribution in [0.5, 0.6) is 0 Å². The average Bonchev–Trinajstić information content (AvgIpc) is 2.97. The Morgan fingerprint density at radius 3 is 2.88 bits per heavy atom. The number of rotatable bonds is 3. The van der Waals surface area contributed by atoms with Gasteiger partial charge in [-0.1, -0.05) is 6.92 Å². The first-order valence-corrected chi connectivity index (χ1v) is 7.09. The highest BCUT2D eigenvalue weighted by atomic mass is 16.2. The molecule has 0 bridgehead atoms. The van der Waals surface area contributed by atoms with Crippen molar-refractivity contribution in [3.05, 3.63) is 0 Å². The molecule has 17 heavy (non-hydrogen) atoms. The van der Waals surface area contributed by atoms with Gasteiger partial charge in [0.2, 0.25) is 5.91 Å². The van der Waals surface area contributed by atoms with Crippen LogP contribution in [0.25, 0.3) is 0 Å². The summed E-state index contributed by atoms with van der Waals surface area (Å²) in [5.41, 5.74) is 0. The van der Waals surface area contributed by atoms with Crippen molar-refractivity contribution >= 4 is 5.91 Å². The molecule has 0 saturated carbocycles. The highest BCUT2D eigenvalue weighted by Gasteiger charge is 2.44. The lowest BCUT2D eigenvalue weighted by Crippen LogP contribution is -2.46. The van der Waals surface area contributed by atoms with E-state index in [0.29, 0.717) is 18.0 Å². The van der Waals surface area contributed by atoms with Gasteiger partial charge in [0.15, 0.2) is 0 Å². The molecule has 0 aliphatic carbocycles. The molecule has 0 aromatic heterocycles. The molecule has 0 radical (unpaired) electrons. The summed E-state index contributed by atoms with van der Waals surface area (Å²) in [6, 6.07) is 1.27. The number of nitrogens with zero attached hydrogens (tertiary/aromatic N) is 2. The van der Waals surface area contributed by atoms with Crippen LogP contribution in [-0.2, 0) is 4.79 Å². The molecule has 96 valence electrons. The number of carbonyl (C=O) groups is 1. The van der Waals surface area contributed by atoms with Gasteiger partial charge in [-0.3, -0.25) is 9.69 Å². The second-order valence-corrected chi connectivity index (χ2v) is 5.53. The molecule has 3 saturated heterocycles. The first kappa shape index (κ1) is 11.5. The maximum Gasteiger partial charge on any atom is 0.240 e. The van der Waals surface area contributed by atoms with E-state index in [1.807, 2.05) is 0 Å². The topological polar surface area (TPSA) is 35.6 Å². The quantitative estimate of drug-likeness (QED) is 0.773. The number of nitrogens with one attached hydrogen (secondary N) is 1. The van der Waals surface area contributed by atoms with Gasteiger partial charge in [-0.05, 0) is 38.8 Å². The number of fused-ring (bicyclic) bond motifs is 1. The molecule has 4 heteroatoms. The SMILES string of the molecule is CCNC1CCN(C2CCN3CCCC23)C1=O. The van der Waals surface area contributed by atoms with Crippen LogP contribution in [0.4, 0.5) is 0 Å². The van der Waals surface area contributed by atoms with Crippen LogP contribution in [0, 0.1) is 0 Å². The lowest BCUT2D eigenvalue weighted by Gasteiger charge is -2.29. The fraction of sp³-hybridized carbons (Fsp3) is 0.923. The molecule has 3 heterocycles. The van der Waals surface area contributed by atoms with Crippen molar-refractivity contribution in [2.75, 3.05) is 26.2 Å². The first-order valence-electron chi connectivity index (χ1n) is 7.09. The van der Waals surface area contributed by atoms with Gasteiger partial charge in [0.05, 0.1) is 6.04 Å². The van der Waals surface area contributed by atoms with E-state index in [2.05, 4.69) is 22.0 Å². The Bertz CT molecular complexity index is 307. The van der Waals surface area contributed by atoms with Crippen molar-refractivity contribution in [3.8, 4) is 0 Å². The fourth-order valence-electron chi connectivity index (χ4n) is 3.89. The monoisotopic (exact) mass is 237 g/mol. The normalized spacial score (nSPS) is 38.1. The number of hydrogen-bond donors (Lipinski definition) is 1. The summed E-state index contributed by atoms with van der Waals surface area (Å²) in [4.78, 5) is 17.1. The van der Waals surface area contributed by atoms with E-state index >= 15 is 0 Å². The molecule has 3 aliphatic rings. The molecule has 3 unspecified atom stereocenters. The average molecular weight is 237 g/mol. The first-order chi connectivity index (χ1) is 8.31. The predicted molar refractivity (Wildman–Crippen MR) is 66.8 cm³/mol. The summed E-state index contributed by atoms with van der Waals surface area (Å²) in [6.45, 7) is 6.38. The maximum atomic E-state index is 12.3. The van der Waals surface area contributed by atoms with E-state index in [-0.39, 0.29) is 6.04 Å². The minimum Gasteiger partial charge on any atom is -0.337 e. The van der Waals surface area contributed by atoms with E-state index < -0.39 is 0 Å². The third-order valence-electron chi connectivity index (χ3n) is 4.66. The van der Waals surface area contributed by atoms with Crippen LogP contribution < -0.4 is 5.32 Å². The van der Waals surface area contributed by atoms with Crippen molar-refractivity contribution in [2.45, 2.75) is 50.7 Å². The zero-order chi connectivity index (χ0) is 11.8. The standard InChI is InChI=1S/C13H23N3O/c1-2-14-10-5-9-16(13(10)17)12-6-8-15-7-3-4-11(12)15/h10-12,14H,2-9H2,1H3. The Balaban J connectivity index is 1.67. The van der Waals surface area contributed by atoms with Gasteiger partial charge in [0.1, 0.15) is 0 Å². The highest BCUT2D eigenvalue weighted by Crippen LogP contribution is 2.33. The molecule has 0 aromatic rings. The van der Waals surface area contributed by atoms with Crippen molar-refractivity contribution in [1.82, 2.24) is 15.1 Å². The molecule has 3 fully saturated rings. The zero-order valence-corrected chi connectivity index (χ0v) is 10.7. The highest BCUT2D eigenvalue weighted by molar-refractivity contribution is 5.84. The number of carbonyl (C=O) groups excluding carboxylic acids is 1. The lowest BCUT2D eigenvalue weighted by atomic mass is 10.1. The molecule has 0 spiro atoms. The molecule has 3 aliphatic heterocycles. The van der Waals surface area contributed by atoms with Crippen LogP contribution in [-0.4, -0.2) is 60.0 Å². The van der Waals surface area contributed by atoms with E-state index in [1.54, 1.807) is 0 Å². The third-order valence-corrected chi connectivity index (χ3v) is 4.66. The number of likely N-dealkylation sites (tertiary alicyclic amines) is 1. The predicted octanol–water partition coefficient (Wildman–Crippen LogP) is 0.434. The molecule has 1 amide bonds. The van der Waals surface area contributed by atoms with E-state index in [1.165, 1.54) is 32.4 Å². The maximum absolute atomic E-state index is 12.3. The Morgan fingerprint density at radius 1 is 1.18 bits per heavy atom. The summed E-state index contributed by atoms with van der Waals surface area (Å²) in [5.74, 6) is 0.352. The Morgan fingerprint density at radius 2 is 2.06 bits per heavy atom. The van der Waals surface area contributed by atoms with E-state index in [9.17, 15) is 4.79 Å². The lowest BCUT2D eigenvalue weighted by molar-refractivity contribution is -0.131. The molecule has 3 atom stereocenters. The van der Waals surface area contributed by atoms with Gasteiger partial charge in [-0.25, -0.2) is 0 Å². The summed E-state index contributed by atoms with van der Waals surface area (Å²) >= 11 is 0. The third kappa shape index (κ3) is 1.87. The number of hydrogen-bond acceptors (Lipinski definition) is 3. The minimum atomic E-state index is 0.0930. The summed E-state index contributed by atoms with van der Waals surface area (Å²) in [6.07, 6.45) is 4.80. The van der Waals surface area contributed by atoms with Crippen LogP contribution in [0.1, 0.15) is 32.6 Å². The minimum absolute atomic E-state index is 0.0930. The number of likely N-dealkylation sites (N-methyl/N-ethyl adjacent to an activating group) is 1. The summed E-state index contributed by atoms with van der Waals surface area (Å²) < 4.78 is 0. The van der Waals surface area contributed by atoms with Gasteiger partial charge in [0.25, 0.3) is 0 Å². The molecule has 0 aromatic carbocycles. The summed E-state index contributed by atoms with van der Waals surface area (Å²) in [5, 5.41) is 3.30. The van der Waals surface area contributed by atoms with Crippen LogP contribution in [0.15, 0.2) is 0 Å². The Hall–Kier alpha value is -0.610. The van der Waals surface area contributed by atoms with Crippen LogP contribution in [0.3, 0.4) is 0 Å². The van der Waals surface area contributed by atoms with E-state index in [0.717, 1.165) is 19.5 Å². The van der Waals surface area contributed by atoms with Crippen molar-refractivity contribution < 1.29 is 4.79 Å². The van der Waals surface area contributed by atoms with Gasteiger partial charge < -0.3 is 10.2 Å². The molecule has 3 rings (SSSR count). The largest absolute Gasteiger partial charge is 0.337 e. The van der Waals surface area contributed by atoms with Gasteiger partial charge in [-0.2, -0.15) is 0 Å². The van der Waals surface area contributed by atoms with Crippen LogP contribution >= 0.6 is 0 Å². The van der Waals surface area contributed by atoms with Gasteiger partial charge in [-0.15, -0.1) is 0 Å². The smallest absolute Gasteiger partial charge is 0.240 e. The second kappa shape index (κ2) is 4.58. The van der Waals surface area contributed by atoms with Gasteiger partial charge >= 0.3 is 0 Å². The van der Waals surface area contributed by atoms with Crippen LogP contribution in [0.2, 0.25) is 0 Å². The summed E-state index contributed by atoms with van der Waals surface area (Å²) in [7, 11) is 0. The molecular formula is C13H23N3O. The molecular weight excluding hydrogens is 214 g/mol. The number of amides is 1. The van der Waals surface area contributed by atoms with Crippen molar-refractivity contribution in [1.29, 1.82) is 0 Å². The van der Waals surface area contributed by atoms with E-state index in [4.69, 9.17) is 0 Å². The Labute approximate surface area is 103 Å². The molecule has 1 N–H and O–H groups in total. The van der Waals surface area contributed by atoms with Gasteiger partial charge in [0, 0.05) is 25.2 Å². The molecule has 4 nitrogen and oxygen atoms in total. The van der Waals surface area contributed by atoms with Crippen molar-refractivity contribution in [2.24, 2.45) is 0 Å². The van der Waals surface area contributed by atoms with Crippen molar-refractivity contribution in [3.63, 3.8) is 0 Å². The zero-order valence-electron chi connectivity index (χ0n) is 10.7. The Kier molecular flexibility index (Phi) is 3.09. The second-order valence-electron chi connectivity index (χ2n) is 5.53.